The van der Waals surface area contributed by atoms with E-state index in [4.69, 9.17) is 5.73 Å². The van der Waals surface area contributed by atoms with E-state index >= 15 is 0 Å². The summed E-state index contributed by atoms with van der Waals surface area (Å²) in [5.41, 5.74) is 7.07. The van der Waals surface area contributed by atoms with Crippen molar-refractivity contribution < 1.29 is 14.0 Å². The van der Waals surface area contributed by atoms with E-state index in [0.717, 1.165) is 5.56 Å². The summed E-state index contributed by atoms with van der Waals surface area (Å²) in [5, 5.41) is 5.19. The van der Waals surface area contributed by atoms with Crippen molar-refractivity contribution in [2.45, 2.75) is 32.7 Å². The minimum absolute atomic E-state index is 0.0150. The van der Waals surface area contributed by atoms with E-state index < -0.39 is 11.9 Å². The van der Waals surface area contributed by atoms with Crippen LogP contribution in [0.4, 0.5) is 15.8 Å². The molecule has 0 aliphatic heterocycles. The van der Waals surface area contributed by atoms with Crippen LogP contribution < -0.4 is 16.4 Å². The molecule has 4 N–H and O–H groups in total. The largest absolute Gasteiger partial charge is 0.325 e. The lowest BCUT2D eigenvalue weighted by molar-refractivity contribution is -0.117. The number of hydrogen-bond donors (Lipinski definition) is 3. The third-order valence-corrected chi connectivity index (χ3v) is 3.78. The molecule has 0 saturated carbocycles. The van der Waals surface area contributed by atoms with E-state index in [-0.39, 0.29) is 29.8 Å². The Hall–Kier alpha value is -2.73. The van der Waals surface area contributed by atoms with Gasteiger partial charge in [0.1, 0.15) is 5.82 Å². The summed E-state index contributed by atoms with van der Waals surface area (Å²) in [6, 6.07) is 12.5. The maximum Gasteiger partial charge on any atom is 0.241 e. The number of anilines is 2. The molecule has 0 heterocycles. The average molecular weight is 357 g/mol. The Balaban J connectivity index is 2.02. The van der Waals surface area contributed by atoms with Gasteiger partial charge >= 0.3 is 0 Å². The lowest BCUT2D eigenvalue weighted by atomic mass is 10.0. The van der Waals surface area contributed by atoms with Crippen molar-refractivity contribution >= 4 is 23.2 Å². The van der Waals surface area contributed by atoms with Gasteiger partial charge in [-0.15, -0.1) is 0 Å². The maximum atomic E-state index is 14.0. The number of benzene rings is 2. The van der Waals surface area contributed by atoms with Gasteiger partial charge in [0.2, 0.25) is 11.8 Å². The molecule has 0 aliphatic carbocycles. The molecular weight excluding hydrogens is 333 g/mol. The lowest BCUT2D eigenvalue weighted by Crippen LogP contribution is -2.36. The van der Waals surface area contributed by atoms with Gasteiger partial charge in [0.05, 0.1) is 18.2 Å². The molecule has 1 atom stereocenters. The molecule has 0 aliphatic rings. The van der Waals surface area contributed by atoms with E-state index in [1.165, 1.54) is 18.2 Å². The molecule has 0 radical (unpaired) electrons. The summed E-state index contributed by atoms with van der Waals surface area (Å²) in [7, 11) is 0. The molecule has 0 bridgehead atoms. The molecule has 5 nitrogen and oxygen atoms in total. The SMILES string of the molecule is CC(C)C[C@H](N)C(=O)Nc1ccc(F)c(NC(=O)Cc2ccccc2)c1. The molecule has 2 aromatic rings. The fourth-order valence-corrected chi connectivity index (χ4v) is 2.52. The normalized spacial score (nSPS) is 11.9. The highest BCUT2D eigenvalue weighted by molar-refractivity contribution is 5.96. The molecule has 6 heteroatoms. The monoisotopic (exact) mass is 357 g/mol. The minimum Gasteiger partial charge on any atom is -0.325 e. The van der Waals surface area contributed by atoms with Crippen molar-refractivity contribution in [3.8, 4) is 0 Å². The van der Waals surface area contributed by atoms with Crippen molar-refractivity contribution in [3.63, 3.8) is 0 Å². The highest BCUT2D eigenvalue weighted by Gasteiger charge is 2.16. The molecule has 0 spiro atoms. The third kappa shape index (κ3) is 5.97. The van der Waals surface area contributed by atoms with Gasteiger partial charge in [0.25, 0.3) is 0 Å². The predicted molar refractivity (Wildman–Crippen MR) is 101 cm³/mol. The quantitative estimate of drug-likeness (QED) is 0.711. The van der Waals surface area contributed by atoms with Gasteiger partial charge in [-0.05, 0) is 36.1 Å². The van der Waals surface area contributed by atoms with Crippen molar-refractivity contribution in [3.05, 3.63) is 59.9 Å². The van der Waals surface area contributed by atoms with Gasteiger partial charge in [-0.3, -0.25) is 9.59 Å². The highest BCUT2D eigenvalue weighted by Crippen LogP contribution is 2.20. The van der Waals surface area contributed by atoms with Crippen LogP contribution in [0.1, 0.15) is 25.8 Å². The average Bonchev–Trinajstić information content (AvgIpc) is 2.58. The van der Waals surface area contributed by atoms with Gasteiger partial charge in [-0.2, -0.15) is 0 Å². The first kappa shape index (κ1) is 19.6. The van der Waals surface area contributed by atoms with Crippen molar-refractivity contribution in [1.82, 2.24) is 0 Å². The number of carbonyl (C=O) groups excluding carboxylic acids is 2. The Labute approximate surface area is 152 Å². The molecule has 0 unspecified atom stereocenters. The number of halogens is 1. The van der Waals surface area contributed by atoms with Crippen molar-refractivity contribution in [2.75, 3.05) is 10.6 Å². The summed E-state index contributed by atoms with van der Waals surface area (Å²) in [4.78, 5) is 24.2. The summed E-state index contributed by atoms with van der Waals surface area (Å²) in [6.07, 6.45) is 0.684. The molecule has 0 aromatic heterocycles. The van der Waals surface area contributed by atoms with Gasteiger partial charge in [0.15, 0.2) is 0 Å². The standard InChI is InChI=1S/C20H24FN3O2/c1-13(2)10-17(22)20(26)23-15-8-9-16(21)18(12-15)24-19(25)11-14-6-4-3-5-7-14/h3-9,12-13,17H,10-11,22H2,1-2H3,(H,23,26)(H,24,25)/t17-/m0/s1. The maximum absolute atomic E-state index is 14.0. The molecular formula is C20H24FN3O2. The number of rotatable bonds is 7. The van der Waals surface area contributed by atoms with E-state index in [1.807, 2.05) is 44.2 Å². The van der Waals surface area contributed by atoms with Crippen LogP contribution in [0.2, 0.25) is 0 Å². The number of carbonyl (C=O) groups is 2. The number of hydrogen-bond acceptors (Lipinski definition) is 3. The fourth-order valence-electron chi connectivity index (χ4n) is 2.52. The fraction of sp³-hybridized carbons (Fsp3) is 0.300. The zero-order valence-electron chi connectivity index (χ0n) is 15.0. The highest BCUT2D eigenvalue weighted by atomic mass is 19.1. The molecule has 26 heavy (non-hydrogen) atoms. The first-order chi connectivity index (χ1) is 12.3. The first-order valence-electron chi connectivity index (χ1n) is 8.55. The van der Waals surface area contributed by atoms with Crippen molar-refractivity contribution in [1.29, 1.82) is 0 Å². The molecule has 2 aromatic carbocycles. The second-order valence-electron chi connectivity index (χ2n) is 6.63. The topological polar surface area (TPSA) is 84.2 Å². The van der Waals surface area contributed by atoms with Crippen LogP contribution in [0.5, 0.6) is 0 Å². The van der Waals surface area contributed by atoms with Gasteiger partial charge < -0.3 is 16.4 Å². The molecule has 138 valence electrons. The zero-order chi connectivity index (χ0) is 19.1. The Morgan fingerprint density at radius 1 is 1.08 bits per heavy atom. The van der Waals surface area contributed by atoms with E-state index in [0.29, 0.717) is 12.1 Å². The summed E-state index contributed by atoms with van der Waals surface area (Å²) in [6.45, 7) is 3.96. The zero-order valence-corrected chi connectivity index (χ0v) is 15.0. The minimum atomic E-state index is -0.642. The van der Waals surface area contributed by atoms with E-state index in [1.54, 1.807) is 0 Å². The molecule has 0 fully saturated rings. The Kier molecular flexibility index (Phi) is 6.86. The third-order valence-electron chi connectivity index (χ3n) is 3.78. The number of amides is 2. The molecule has 0 saturated heterocycles. The van der Waals surface area contributed by atoms with Crippen LogP contribution in [0, 0.1) is 11.7 Å². The predicted octanol–water partition coefficient (Wildman–Crippen LogP) is 3.32. The molecule has 2 amide bonds. The smallest absolute Gasteiger partial charge is 0.241 e. The van der Waals surface area contributed by atoms with Gasteiger partial charge in [0, 0.05) is 5.69 Å². The second kappa shape index (κ2) is 9.10. The van der Waals surface area contributed by atoms with E-state index in [9.17, 15) is 14.0 Å². The van der Waals surface area contributed by atoms with Crippen molar-refractivity contribution in [2.24, 2.45) is 11.7 Å². The summed E-state index contributed by atoms with van der Waals surface area (Å²) in [5.74, 6) is -0.963. The Morgan fingerprint density at radius 3 is 2.42 bits per heavy atom. The van der Waals surface area contributed by atoms with Crippen LogP contribution in [0.15, 0.2) is 48.5 Å². The molecule has 2 rings (SSSR count). The van der Waals surface area contributed by atoms with Crippen LogP contribution >= 0.6 is 0 Å². The van der Waals surface area contributed by atoms with Crippen LogP contribution in [0.25, 0.3) is 0 Å². The second-order valence-corrected chi connectivity index (χ2v) is 6.63. The Morgan fingerprint density at radius 2 is 1.77 bits per heavy atom. The van der Waals surface area contributed by atoms with Gasteiger partial charge in [-0.25, -0.2) is 4.39 Å². The van der Waals surface area contributed by atoms with Crippen LogP contribution in [-0.4, -0.2) is 17.9 Å². The lowest BCUT2D eigenvalue weighted by Gasteiger charge is -2.15. The number of nitrogens with two attached hydrogens (primary N) is 1. The summed E-state index contributed by atoms with van der Waals surface area (Å²) < 4.78 is 14.0. The van der Waals surface area contributed by atoms with Crippen LogP contribution in [0.3, 0.4) is 0 Å². The summed E-state index contributed by atoms with van der Waals surface area (Å²) >= 11 is 0. The Bertz CT molecular complexity index is 763. The van der Waals surface area contributed by atoms with E-state index in [2.05, 4.69) is 10.6 Å². The van der Waals surface area contributed by atoms with Crippen LogP contribution in [-0.2, 0) is 16.0 Å². The van der Waals surface area contributed by atoms with Gasteiger partial charge in [-0.1, -0.05) is 44.2 Å². The number of nitrogens with one attached hydrogen (secondary N) is 2. The first-order valence-corrected chi connectivity index (χ1v) is 8.55.